The molecular formula is C11H11BrFN3S. The summed E-state index contributed by atoms with van der Waals surface area (Å²) in [6.45, 7) is 0.794. The molecule has 0 N–H and O–H groups in total. The van der Waals surface area contributed by atoms with Crippen molar-refractivity contribution in [2.75, 3.05) is 5.75 Å². The van der Waals surface area contributed by atoms with Gasteiger partial charge in [-0.05, 0) is 24.3 Å². The Morgan fingerprint density at radius 3 is 2.71 bits per heavy atom. The predicted molar refractivity (Wildman–Crippen MR) is 69.8 cm³/mol. The summed E-state index contributed by atoms with van der Waals surface area (Å²) in [7, 11) is 0. The third-order valence-corrected chi connectivity index (χ3v) is 3.69. The van der Waals surface area contributed by atoms with Gasteiger partial charge in [0, 0.05) is 22.2 Å². The van der Waals surface area contributed by atoms with Gasteiger partial charge in [-0.1, -0.05) is 21.1 Å². The molecular weight excluding hydrogens is 305 g/mol. The van der Waals surface area contributed by atoms with Crippen molar-refractivity contribution in [1.29, 1.82) is 0 Å². The van der Waals surface area contributed by atoms with E-state index in [1.165, 1.54) is 12.1 Å². The molecule has 0 atom stereocenters. The van der Waals surface area contributed by atoms with Gasteiger partial charge >= 0.3 is 0 Å². The molecule has 0 aliphatic heterocycles. The van der Waals surface area contributed by atoms with Crippen LogP contribution in [0.2, 0.25) is 0 Å². The third kappa shape index (κ3) is 3.81. The average Bonchev–Trinajstić information content (AvgIpc) is 2.80. The van der Waals surface area contributed by atoms with Crippen molar-refractivity contribution in [3.8, 4) is 0 Å². The molecule has 0 fully saturated rings. The number of benzene rings is 1. The third-order valence-electron chi connectivity index (χ3n) is 2.13. The summed E-state index contributed by atoms with van der Waals surface area (Å²) in [5.41, 5.74) is 0.928. The lowest BCUT2D eigenvalue weighted by molar-refractivity contribution is 0.626. The Bertz CT molecular complexity index is 472. The van der Waals surface area contributed by atoms with Crippen molar-refractivity contribution in [3.05, 3.63) is 42.0 Å². The Kier molecular flexibility index (Phi) is 4.56. The maximum Gasteiger partial charge on any atom is 0.123 e. The van der Waals surface area contributed by atoms with Crippen LogP contribution in [0.5, 0.6) is 0 Å². The first-order valence-electron chi connectivity index (χ1n) is 5.11. The maximum absolute atomic E-state index is 12.7. The number of hydrogen-bond acceptors (Lipinski definition) is 3. The lowest BCUT2D eigenvalue weighted by Crippen LogP contribution is -2.00. The molecule has 0 saturated carbocycles. The molecule has 6 heteroatoms. The molecule has 0 saturated heterocycles. The van der Waals surface area contributed by atoms with Gasteiger partial charge in [-0.2, -0.15) is 0 Å². The second kappa shape index (κ2) is 6.16. The van der Waals surface area contributed by atoms with Crippen LogP contribution in [-0.4, -0.2) is 20.7 Å². The Hall–Kier alpha value is -0.880. The van der Waals surface area contributed by atoms with E-state index in [1.807, 2.05) is 10.9 Å². The van der Waals surface area contributed by atoms with Gasteiger partial charge in [0.15, 0.2) is 0 Å². The first kappa shape index (κ1) is 12.6. The summed E-state index contributed by atoms with van der Waals surface area (Å²) in [6, 6.07) is 6.51. The molecule has 0 unspecified atom stereocenters. The minimum absolute atomic E-state index is 0.201. The Morgan fingerprint density at radius 1 is 1.29 bits per heavy atom. The zero-order valence-corrected chi connectivity index (χ0v) is 11.4. The fourth-order valence-electron chi connectivity index (χ4n) is 1.30. The number of rotatable bonds is 5. The van der Waals surface area contributed by atoms with E-state index in [0.717, 1.165) is 28.2 Å². The molecule has 0 aliphatic rings. The van der Waals surface area contributed by atoms with Crippen LogP contribution in [0.3, 0.4) is 0 Å². The molecule has 2 rings (SSSR count). The number of thioether (sulfide) groups is 1. The van der Waals surface area contributed by atoms with Crippen LogP contribution < -0.4 is 0 Å². The zero-order valence-electron chi connectivity index (χ0n) is 9.01. The van der Waals surface area contributed by atoms with Gasteiger partial charge in [0.25, 0.3) is 0 Å². The van der Waals surface area contributed by atoms with Crippen molar-refractivity contribution < 1.29 is 4.39 Å². The summed E-state index contributed by atoms with van der Waals surface area (Å²) in [5, 5.41) is 8.70. The number of nitrogens with zero attached hydrogens (tertiary/aromatic N) is 3. The van der Waals surface area contributed by atoms with Crippen molar-refractivity contribution in [2.24, 2.45) is 0 Å². The number of aromatic nitrogens is 3. The highest BCUT2D eigenvalue weighted by atomic mass is 79.9. The van der Waals surface area contributed by atoms with Crippen LogP contribution in [0.25, 0.3) is 0 Å². The second-order valence-corrected chi connectivity index (χ2v) is 5.14. The van der Waals surface area contributed by atoms with Gasteiger partial charge in [-0.15, -0.1) is 16.9 Å². The lowest BCUT2D eigenvalue weighted by atomic mass is 10.4. The molecule has 2 aromatic rings. The van der Waals surface area contributed by atoms with E-state index in [9.17, 15) is 4.39 Å². The average molecular weight is 316 g/mol. The van der Waals surface area contributed by atoms with Gasteiger partial charge in [0.05, 0.1) is 12.2 Å². The molecule has 90 valence electrons. The smallest absolute Gasteiger partial charge is 0.123 e. The van der Waals surface area contributed by atoms with E-state index < -0.39 is 0 Å². The SMILES string of the molecule is Fc1ccc(SCCn2cc(CBr)nn2)cc1. The van der Waals surface area contributed by atoms with E-state index in [-0.39, 0.29) is 5.82 Å². The minimum Gasteiger partial charge on any atom is -0.251 e. The zero-order chi connectivity index (χ0) is 12.1. The fraction of sp³-hybridized carbons (Fsp3) is 0.273. The van der Waals surface area contributed by atoms with E-state index in [2.05, 4.69) is 26.2 Å². The monoisotopic (exact) mass is 315 g/mol. The predicted octanol–water partition coefficient (Wildman–Crippen LogP) is 3.10. The molecule has 1 aromatic carbocycles. The number of halogens is 2. The van der Waals surface area contributed by atoms with Crippen molar-refractivity contribution in [1.82, 2.24) is 15.0 Å². The normalized spacial score (nSPS) is 10.7. The molecule has 1 aromatic heterocycles. The summed E-state index contributed by atoms with van der Waals surface area (Å²) < 4.78 is 14.5. The topological polar surface area (TPSA) is 30.7 Å². The molecule has 1 heterocycles. The molecule has 17 heavy (non-hydrogen) atoms. The van der Waals surface area contributed by atoms with Crippen LogP contribution in [0, 0.1) is 5.82 Å². The number of aryl methyl sites for hydroxylation is 1. The van der Waals surface area contributed by atoms with Gasteiger partial charge < -0.3 is 0 Å². The van der Waals surface area contributed by atoms with E-state index in [4.69, 9.17) is 0 Å². The van der Waals surface area contributed by atoms with Crippen LogP contribution in [0.15, 0.2) is 35.4 Å². The summed E-state index contributed by atoms with van der Waals surface area (Å²) in [4.78, 5) is 1.06. The Labute approximate surface area is 112 Å². The van der Waals surface area contributed by atoms with Crippen molar-refractivity contribution in [3.63, 3.8) is 0 Å². The highest BCUT2D eigenvalue weighted by molar-refractivity contribution is 9.08. The molecule has 0 aliphatic carbocycles. The molecule has 3 nitrogen and oxygen atoms in total. The number of alkyl halides is 1. The minimum atomic E-state index is -0.201. The van der Waals surface area contributed by atoms with Crippen molar-refractivity contribution in [2.45, 2.75) is 16.8 Å². The summed E-state index contributed by atoms with van der Waals surface area (Å²) >= 11 is 5.00. The summed E-state index contributed by atoms with van der Waals surface area (Å²) in [5.74, 6) is 0.684. The quantitative estimate of drug-likeness (QED) is 0.627. The largest absolute Gasteiger partial charge is 0.251 e. The lowest BCUT2D eigenvalue weighted by Gasteiger charge is -2.01. The van der Waals surface area contributed by atoms with Crippen LogP contribution in [0.4, 0.5) is 4.39 Å². The maximum atomic E-state index is 12.7. The van der Waals surface area contributed by atoms with E-state index >= 15 is 0 Å². The fourth-order valence-corrected chi connectivity index (χ4v) is 2.40. The van der Waals surface area contributed by atoms with Gasteiger partial charge in [-0.25, -0.2) is 4.39 Å². The van der Waals surface area contributed by atoms with E-state index in [1.54, 1.807) is 23.9 Å². The molecule has 0 amide bonds. The van der Waals surface area contributed by atoms with Gasteiger partial charge in [0.1, 0.15) is 5.82 Å². The first-order chi connectivity index (χ1) is 8.28. The molecule has 0 spiro atoms. The Morgan fingerprint density at radius 2 is 2.06 bits per heavy atom. The van der Waals surface area contributed by atoms with Gasteiger partial charge in [0.2, 0.25) is 0 Å². The highest BCUT2D eigenvalue weighted by Gasteiger charge is 1.99. The summed E-state index contributed by atoms with van der Waals surface area (Å²) in [6.07, 6.45) is 1.92. The highest BCUT2D eigenvalue weighted by Crippen LogP contribution is 2.18. The second-order valence-electron chi connectivity index (χ2n) is 3.41. The number of hydrogen-bond donors (Lipinski definition) is 0. The van der Waals surface area contributed by atoms with Crippen LogP contribution >= 0.6 is 27.7 Å². The van der Waals surface area contributed by atoms with Gasteiger partial charge in [-0.3, -0.25) is 4.68 Å². The van der Waals surface area contributed by atoms with E-state index in [0.29, 0.717) is 0 Å². The Balaban J connectivity index is 1.81. The van der Waals surface area contributed by atoms with Crippen molar-refractivity contribution >= 4 is 27.7 Å². The first-order valence-corrected chi connectivity index (χ1v) is 7.22. The standard InChI is InChI=1S/C11H11BrFN3S/c12-7-10-8-16(15-14-10)5-6-17-11-3-1-9(13)2-4-11/h1-4,8H,5-7H2. The van der Waals surface area contributed by atoms with Crippen LogP contribution in [-0.2, 0) is 11.9 Å². The van der Waals surface area contributed by atoms with Crippen LogP contribution in [0.1, 0.15) is 5.69 Å². The molecule has 0 bridgehead atoms. The molecule has 0 radical (unpaired) electrons.